The SMILES string of the molecule is CCOc1ccc(CN(Cc2ccco2)[C@H](c2cc3ccc(C)cc3[nH]c2=O)c2nnnn2C(C)(C)CC)cc1. The summed E-state index contributed by atoms with van der Waals surface area (Å²) in [6.07, 6.45) is 2.47. The summed E-state index contributed by atoms with van der Waals surface area (Å²) in [6, 6.07) is 19.3. The number of aromatic amines is 1. The first-order valence-electron chi connectivity index (χ1n) is 13.7. The van der Waals surface area contributed by atoms with E-state index in [0.29, 0.717) is 31.1 Å². The number of hydrogen-bond donors (Lipinski definition) is 1. The molecule has 0 saturated carbocycles. The molecular weight excluding hydrogens is 504 g/mol. The maximum atomic E-state index is 13.8. The number of ether oxygens (including phenoxy) is 1. The van der Waals surface area contributed by atoms with Crippen LogP contribution in [0.15, 0.2) is 76.1 Å². The van der Waals surface area contributed by atoms with E-state index < -0.39 is 6.04 Å². The van der Waals surface area contributed by atoms with Gasteiger partial charge in [-0.1, -0.05) is 31.2 Å². The van der Waals surface area contributed by atoms with Crippen LogP contribution in [0.2, 0.25) is 0 Å². The molecule has 2 aromatic carbocycles. The van der Waals surface area contributed by atoms with Crippen molar-refractivity contribution in [1.82, 2.24) is 30.1 Å². The van der Waals surface area contributed by atoms with Crippen molar-refractivity contribution in [3.8, 4) is 5.75 Å². The quantitative estimate of drug-likeness (QED) is 0.228. The molecule has 0 fully saturated rings. The Morgan fingerprint density at radius 2 is 1.88 bits per heavy atom. The summed E-state index contributed by atoms with van der Waals surface area (Å²) in [5.74, 6) is 2.19. The van der Waals surface area contributed by atoms with Crippen LogP contribution in [0.5, 0.6) is 5.75 Å². The number of nitrogens with one attached hydrogen (secondary N) is 1. The third kappa shape index (κ3) is 5.70. The van der Waals surface area contributed by atoms with Crippen molar-refractivity contribution >= 4 is 10.9 Å². The van der Waals surface area contributed by atoms with Gasteiger partial charge >= 0.3 is 0 Å². The lowest BCUT2D eigenvalue weighted by Crippen LogP contribution is -2.38. The van der Waals surface area contributed by atoms with Gasteiger partial charge in [0.05, 0.1) is 25.0 Å². The van der Waals surface area contributed by atoms with Crippen LogP contribution in [0.1, 0.15) is 68.4 Å². The average molecular weight is 541 g/mol. The molecule has 0 unspecified atom stereocenters. The highest BCUT2D eigenvalue weighted by Gasteiger charge is 2.35. The van der Waals surface area contributed by atoms with Crippen LogP contribution in [-0.2, 0) is 18.6 Å². The Labute approximate surface area is 233 Å². The molecule has 3 aromatic heterocycles. The number of benzene rings is 2. The molecule has 3 heterocycles. The second kappa shape index (κ2) is 11.5. The van der Waals surface area contributed by atoms with E-state index in [4.69, 9.17) is 9.15 Å². The van der Waals surface area contributed by atoms with Crippen LogP contribution in [0, 0.1) is 6.92 Å². The number of furan rings is 1. The van der Waals surface area contributed by atoms with Crippen LogP contribution in [0.25, 0.3) is 10.9 Å². The topological polar surface area (TPSA) is 102 Å². The van der Waals surface area contributed by atoms with Gasteiger partial charge in [-0.3, -0.25) is 9.69 Å². The number of tetrazole rings is 1. The standard InChI is InChI=1S/C31H36N6O3/c1-6-31(4,5)37-29(33-34-35-37)28(26-18-23-13-10-21(3)17-27(23)32-30(26)38)36(20-25-9-8-16-40-25)19-22-11-14-24(15-12-22)39-7-2/h8-18,28H,6-7,19-20H2,1-5H3,(H,32,38)/t28-/m1/s1. The van der Waals surface area contributed by atoms with Gasteiger partial charge in [0.25, 0.3) is 5.56 Å². The number of hydrogen-bond acceptors (Lipinski definition) is 7. The molecule has 0 aliphatic rings. The van der Waals surface area contributed by atoms with Crippen LogP contribution in [-0.4, -0.2) is 36.7 Å². The summed E-state index contributed by atoms with van der Waals surface area (Å²) in [5.41, 5.74) is 2.95. The fourth-order valence-electron chi connectivity index (χ4n) is 4.91. The van der Waals surface area contributed by atoms with E-state index in [1.54, 1.807) is 6.26 Å². The third-order valence-electron chi connectivity index (χ3n) is 7.43. The molecule has 208 valence electrons. The second-order valence-corrected chi connectivity index (χ2v) is 10.7. The van der Waals surface area contributed by atoms with Crippen LogP contribution < -0.4 is 10.3 Å². The molecule has 0 aliphatic carbocycles. The van der Waals surface area contributed by atoms with Gasteiger partial charge < -0.3 is 14.1 Å². The first-order valence-corrected chi connectivity index (χ1v) is 13.7. The van der Waals surface area contributed by atoms with E-state index in [2.05, 4.69) is 46.2 Å². The molecule has 5 rings (SSSR count). The van der Waals surface area contributed by atoms with Gasteiger partial charge in [0.1, 0.15) is 17.6 Å². The van der Waals surface area contributed by atoms with Crippen LogP contribution in [0.4, 0.5) is 0 Å². The zero-order valence-electron chi connectivity index (χ0n) is 23.7. The summed E-state index contributed by atoms with van der Waals surface area (Å²) < 4.78 is 13.3. The highest BCUT2D eigenvalue weighted by atomic mass is 16.5. The van der Waals surface area contributed by atoms with E-state index >= 15 is 0 Å². The first kappa shape index (κ1) is 27.3. The Hall–Kier alpha value is -4.24. The van der Waals surface area contributed by atoms with Gasteiger partial charge in [-0.2, -0.15) is 0 Å². The largest absolute Gasteiger partial charge is 0.494 e. The lowest BCUT2D eigenvalue weighted by Gasteiger charge is -2.33. The lowest BCUT2D eigenvalue weighted by molar-refractivity contribution is 0.168. The maximum absolute atomic E-state index is 13.8. The Kier molecular flexibility index (Phi) is 7.84. The van der Waals surface area contributed by atoms with Crippen LogP contribution >= 0.6 is 0 Å². The molecule has 0 amide bonds. The minimum absolute atomic E-state index is 0.178. The van der Waals surface area contributed by atoms with Gasteiger partial charge in [0.15, 0.2) is 5.82 Å². The Balaban J connectivity index is 1.69. The minimum Gasteiger partial charge on any atom is -0.494 e. The Morgan fingerprint density at radius 1 is 1.07 bits per heavy atom. The minimum atomic E-state index is -0.563. The summed E-state index contributed by atoms with van der Waals surface area (Å²) in [6.45, 7) is 11.8. The van der Waals surface area contributed by atoms with Crippen molar-refractivity contribution in [3.63, 3.8) is 0 Å². The summed E-state index contributed by atoms with van der Waals surface area (Å²) in [7, 11) is 0. The number of aromatic nitrogens is 5. The number of H-pyrrole nitrogens is 1. The molecule has 0 spiro atoms. The molecule has 5 aromatic rings. The highest BCUT2D eigenvalue weighted by molar-refractivity contribution is 5.79. The predicted octanol–water partition coefficient (Wildman–Crippen LogP) is 5.75. The zero-order chi connectivity index (χ0) is 28.3. The number of aryl methyl sites for hydroxylation is 1. The molecule has 0 saturated heterocycles. The maximum Gasteiger partial charge on any atom is 0.253 e. The van der Waals surface area contributed by atoms with E-state index in [1.807, 2.05) is 79.2 Å². The second-order valence-electron chi connectivity index (χ2n) is 10.7. The van der Waals surface area contributed by atoms with Crippen molar-refractivity contribution in [3.05, 3.63) is 106 Å². The Morgan fingerprint density at radius 3 is 2.58 bits per heavy atom. The van der Waals surface area contributed by atoms with Crippen molar-refractivity contribution in [1.29, 1.82) is 0 Å². The van der Waals surface area contributed by atoms with Gasteiger partial charge in [0, 0.05) is 17.6 Å². The van der Waals surface area contributed by atoms with Gasteiger partial charge in [-0.05, 0) is 97.5 Å². The number of nitrogens with zero attached hydrogens (tertiary/aromatic N) is 5. The molecule has 0 radical (unpaired) electrons. The van der Waals surface area contributed by atoms with Crippen molar-refractivity contribution in [2.75, 3.05) is 6.61 Å². The normalized spacial score (nSPS) is 12.8. The average Bonchev–Trinajstić information content (AvgIpc) is 3.63. The van der Waals surface area contributed by atoms with Crippen LogP contribution in [0.3, 0.4) is 0 Å². The Bertz CT molecular complexity index is 1620. The van der Waals surface area contributed by atoms with Crippen molar-refractivity contribution in [2.24, 2.45) is 0 Å². The molecule has 1 N–H and O–H groups in total. The highest BCUT2D eigenvalue weighted by Crippen LogP contribution is 2.33. The number of pyridine rings is 1. The van der Waals surface area contributed by atoms with E-state index in [1.165, 1.54) is 0 Å². The molecule has 9 heteroatoms. The van der Waals surface area contributed by atoms with Crippen molar-refractivity contribution < 1.29 is 9.15 Å². The van der Waals surface area contributed by atoms with Gasteiger partial charge in [0.2, 0.25) is 0 Å². The number of rotatable bonds is 11. The van der Waals surface area contributed by atoms with E-state index in [-0.39, 0.29) is 11.1 Å². The smallest absolute Gasteiger partial charge is 0.253 e. The van der Waals surface area contributed by atoms with Gasteiger partial charge in [-0.15, -0.1) is 5.10 Å². The molecule has 9 nitrogen and oxygen atoms in total. The van der Waals surface area contributed by atoms with E-state index in [9.17, 15) is 4.79 Å². The summed E-state index contributed by atoms with van der Waals surface area (Å²) >= 11 is 0. The predicted molar refractivity (Wildman–Crippen MR) is 154 cm³/mol. The molecular formula is C31H36N6O3. The number of fused-ring (bicyclic) bond motifs is 1. The molecule has 40 heavy (non-hydrogen) atoms. The fourth-order valence-corrected chi connectivity index (χ4v) is 4.91. The van der Waals surface area contributed by atoms with Gasteiger partial charge in [-0.25, -0.2) is 4.68 Å². The fraction of sp³-hybridized carbons (Fsp3) is 0.355. The molecule has 0 bridgehead atoms. The lowest BCUT2D eigenvalue weighted by atomic mass is 9.98. The summed E-state index contributed by atoms with van der Waals surface area (Å²) in [4.78, 5) is 19.1. The first-order chi connectivity index (χ1) is 19.3. The molecule has 0 aliphatic heterocycles. The summed E-state index contributed by atoms with van der Waals surface area (Å²) in [5, 5.41) is 14.0. The van der Waals surface area contributed by atoms with E-state index in [0.717, 1.165) is 40.0 Å². The van der Waals surface area contributed by atoms with Crippen molar-refractivity contribution in [2.45, 2.75) is 65.7 Å². The molecule has 1 atom stereocenters. The third-order valence-corrected chi connectivity index (χ3v) is 7.43. The zero-order valence-corrected chi connectivity index (χ0v) is 23.7. The monoisotopic (exact) mass is 540 g/mol.